The Kier molecular flexibility index (Phi) is 1.84. The normalized spacial score (nSPS) is 11.6. The zero-order chi connectivity index (χ0) is 13.0. The highest BCUT2D eigenvalue weighted by molar-refractivity contribution is 6.12. The molecule has 0 fully saturated rings. The molecule has 4 aromatic rings. The molecular formula is C14H10N2O3. The van der Waals surface area contributed by atoms with Gasteiger partial charge < -0.3 is 19.1 Å². The fraction of sp³-hybridized carbons (Fsp3) is 0.0714. The second kappa shape index (κ2) is 3.41. The molecule has 3 aromatic heterocycles. The van der Waals surface area contributed by atoms with Gasteiger partial charge in [0.25, 0.3) is 0 Å². The Morgan fingerprint density at radius 3 is 2.53 bits per heavy atom. The summed E-state index contributed by atoms with van der Waals surface area (Å²) in [5.41, 5.74) is 10.0. The van der Waals surface area contributed by atoms with Gasteiger partial charge in [-0.25, -0.2) is 0 Å². The molecule has 0 unspecified atom stereocenters. The summed E-state index contributed by atoms with van der Waals surface area (Å²) in [4.78, 5) is 0. The lowest BCUT2D eigenvalue weighted by Crippen LogP contribution is -1.87. The molecule has 1 aromatic carbocycles. The van der Waals surface area contributed by atoms with E-state index in [1.54, 1.807) is 18.7 Å². The predicted octanol–water partition coefficient (Wildman–Crippen LogP) is 3.72. The minimum atomic E-state index is 0.268. The van der Waals surface area contributed by atoms with Crippen LogP contribution in [0.25, 0.3) is 33.1 Å². The number of rotatable bonds is 1. The fourth-order valence-electron chi connectivity index (χ4n) is 2.54. The topological polar surface area (TPSA) is 78.3 Å². The summed E-state index contributed by atoms with van der Waals surface area (Å²) in [7, 11) is 0. The predicted molar refractivity (Wildman–Crippen MR) is 70.6 cm³/mol. The maximum Gasteiger partial charge on any atom is 0.230 e. The maximum absolute atomic E-state index is 5.83. The van der Waals surface area contributed by atoms with Crippen molar-refractivity contribution in [3.63, 3.8) is 0 Å². The molecular weight excluding hydrogens is 244 g/mol. The minimum absolute atomic E-state index is 0.268. The van der Waals surface area contributed by atoms with E-state index in [0.29, 0.717) is 5.56 Å². The van der Waals surface area contributed by atoms with Gasteiger partial charge in [0.1, 0.15) is 11.2 Å². The molecule has 5 heteroatoms. The highest BCUT2D eigenvalue weighted by atomic mass is 16.5. The van der Waals surface area contributed by atoms with Crippen LogP contribution in [0.15, 0.2) is 44.2 Å². The molecule has 0 radical (unpaired) electrons. The molecule has 0 spiro atoms. The summed E-state index contributed by atoms with van der Waals surface area (Å²) in [6.07, 6.45) is 4.90. The summed E-state index contributed by atoms with van der Waals surface area (Å²) in [5.74, 6) is 0.268. The van der Waals surface area contributed by atoms with Crippen molar-refractivity contribution in [2.75, 3.05) is 5.73 Å². The van der Waals surface area contributed by atoms with Crippen LogP contribution in [0.5, 0.6) is 0 Å². The largest absolute Gasteiger partial charge is 0.464 e. The maximum atomic E-state index is 5.83. The number of nitrogens with two attached hydrogens (primary N) is 1. The van der Waals surface area contributed by atoms with E-state index in [9.17, 15) is 0 Å². The molecule has 5 nitrogen and oxygen atoms in total. The number of anilines is 1. The van der Waals surface area contributed by atoms with Crippen LogP contribution in [0.1, 0.15) is 5.56 Å². The summed E-state index contributed by atoms with van der Waals surface area (Å²) in [5, 5.41) is 5.67. The van der Waals surface area contributed by atoms with Crippen molar-refractivity contribution in [2.45, 2.75) is 6.92 Å². The van der Waals surface area contributed by atoms with Crippen LogP contribution in [-0.4, -0.2) is 5.16 Å². The van der Waals surface area contributed by atoms with Crippen molar-refractivity contribution >= 4 is 27.8 Å². The van der Waals surface area contributed by atoms with Gasteiger partial charge in [-0.15, -0.1) is 0 Å². The van der Waals surface area contributed by atoms with Crippen LogP contribution in [0, 0.1) is 6.92 Å². The Bertz CT molecular complexity index is 846. The van der Waals surface area contributed by atoms with Gasteiger partial charge in [0.05, 0.1) is 24.3 Å². The van der Waals surface area contributed by atoms with Crippen molar-refractivity contribution in [1.29, 1.82) is 0 Å². The smallest absolute Gasteiger partial charge is 0.230 e. The van der Waals surface area contributed by atoms with Crippen LogP contribution in [-0.2, 0) is 0 Å². The van der Waals surface area contributed by atoms with E-state index in [0.717, 1.165) is 33.1 Å². The third-order valence-electron chi connectivity index (χ3n) is 3.44. The molecule has 0 saturated heterocycles. The molecule has 2 N–H and O–H groups in total. The second-order valence-electron chi connectivity index (χ2n) is 4.43. The number of aromatic nitrogens is 1. The Morgan fingerprint density at radius 1 is 1.05 bits per heavy atom. The zero-order valence-corrected chi connectivity index (χ0v) is 10.1. The Balaban J connectivity index is 2.29. The van der Waals surface area contributed by atoms with Gasteiger partial charge in [-0.2, -0.15) is 0 Å². The highest BCUT2D eigenvalue weighted by Crippen LogP contribution is 2.41. The Labute approximate surface area is 107 Å². The van der Waals surface area contributed by atoms with Crippen LogP contribution < -0.4 is 5.73 Å². The van der Waals surface area contributed by atoms with Gasteiger partial charge in [0, 0.05) is 21.9 Å². The minimum Gasteiger partial charge on any atom is -0.464 e. The van der Waals surface area contributed by atoms with Crippen molar-refractivity contribution in [3.05, 3.63) is 36.4 Å². The Morgan fingerprint density at radius 2 is 1.79 bits per heavy atom. The molecule has 4 rings (SSSR count). The number of nitrogens with zero attached hydrogens (tertiary/aromatic N) is 1. The number of hydrogen-bond donors (Lipinski definition) is 1. The lowest BCUT2D eigenvalue weighted by Gasteiger charge is -2.05. The number of aryl methyl sites for hydroxylation is 1. The van der Waals surface area contributed by atoms with E-state index in [1.165, 1.54) is 0 Å². The molecule has 19 heavy (non-hydrogen) atoms. The molecule has 0 aliphatic heterocycles. The molecule has 94 valence electrons. The van der Waals surface area contributed by atoms with E-state index in [-0.39, 0.29) is 5.88 Å². The average Bonchev–Trinajstić information content (AvgIpc) is 3.10. The van der Waals surface area contributed by atoms with E-state index >= 15 is 0 Å². The monoisotopic (exact) mass is 254 g/mol. The lowest BCUT2D eigenvalue weighted by molar-refractivity contribution is 0.436. The summed E-state index contributed by atoms with van der Waals surface area (Å²) in [6.45, 7) is 2.00. The second-order valence-corrected chi connectivity index (χ2v) is 4.43. The van der Waals surface area contributed by atoms with Gasteiger partial charge in [0.15, 0.2) is 0 Å². The summed E-state index contributed by atoms with van der Waals surface area (Å²) in [6, 6.07) is 3.81. The van der Waals surface area contributed by atoms with Crippen LogP contribution >= 0.6 is 0 Å². The van der Waals surface area contributed by atoms with Gasteiger partial charge in [0.2, 0.25) is 5.88 Å². The number of fused-ring (bicyclic) bond motifs is 2. The highest BCUT2D eigenvalue weighted by Gasteiger charge is 2.20. The van der Waals surface area contributed by atoms with Crippen molar-refractivity contribution in [1.82, 2.24) is 5.16 Å². The molecule has 0 amide bonds. The summed E-state index contributed by atoms with van der Waals surface area (Å²) >= 11 is 0. The van der Waals surface area contributed by atoms with E-state index in [1.807, 2.05) is 19.1 Å². The summed E-state index contributed by atoms with van der Waals surface area (Å²) < 4.78 is 16.1. The van der Waals surface area contributed by atoms with E-state index in [4.69, 9.17) is 19.1 Å². The first-order valence-electron chi connectivity index (χ1n) is 5.85. The van der Waals surface area contributed by atoms with Crippen molar-refractivity contribution in [2.24, 2.45) is 0 Å². The van der Waals surface area contributed by atoms with Crippen LogP contribution in [0.2, 0.25) is 0 Å². The molecule has 0 saturated carbocycles. The molecule has 0 aliphatic rings. The third kappa shape index (κ3) is 1.21. The van der Waals surface area contributed by atoms with Crippen molar-refractivity contribution < 1.29 is 13.4 Å². The third-order valence-corrected chi connectivity index (χ3v) is 3.44. The van der Waals surface area contributed by atoms with Gasteiger partial charge in [-0.1, -0.05) is 5.16 Å². The molecule has 0 aliphatic carbocycles. The zero-order valence-electron chi connectivity index (χ0n) is 10.1. The van der Waals surface area contributed by atoms with Gasteiger partial charge >= 0.3 is 0 Å². The van der Waals surface area contributed by atoms with E-state index < -0.39 is 0 Å². The number of nitrogen functional groups attached to an aromatic ring is 1. The number of benzene rings is 1. The quantitative estimate of drug-likeness (QED) is 0.560. The van der Waals surface area contributed by atoms with E-state index in [2.05, 4.69) is 5.16 Å². The molecule has 0 atom stereocenters. The first kappa shape index (κ1) is 10.3. The standard InChI is InChI=1S/C14H10N2O3/c1-7-8-2-4-18-13(8)11(9-3-5-17-12(7)9)10-6-16-19-14(10)15/h2-6H,15H2,1H3. The Hall–Kier alpha value is -2.69. The number of hydrogen-bond acceptors (Lipinski definition) is 5. The van der Waals surface area contributed by atoms with Crippen molar-refractivity contribution in [3.8, 4) is 11.1 Å². The molecule has 0 bridgehead atoms. The average molecular weight is 254 g/mol. The molecule has 3 heterocycles. The van der Waals surface area contributed by atoms with Gasteiger partial charge in [-0.3, -0.25) is 0 Å². The van der Waals surface area contributed by atoms with Gasteiger partial charge in [-0.05, 0) is 19.1 Å². The fourth-order valence-corrected chi connectivity index (χ4v) is 2.54. The SMILES string of the molecule is Cc1c2ccoc2c(-c2cnoc2N)c2ccoc12. The van der Waals surface area contributed by atoms with Crippen LogP contribution in [0.4, 0.5) is 5.88 Å². The first-order valence-corrected chi connectivity index (χ1v) is 5.85. The first-order chi connectivity index (χ1) is 9.27. The lowest BCUT2D eigenvalue weighted by atomic mass is 9.98. The van der Waals surface area contributed by atoms with Crippen LogP contribution in [0.3, 0.4) is 0 Å². The number of furan rings is 2.